The number of unbranched alkanes of at least 4 members (excludes halogenated alkanes) is 2. The highest BCUT2D eigenvalue weighted by Crippen LogP contribution is 2.37. The van der Waals surface area contributed by atoms with Gasteiger partial charge in [-0.3, -0.25) is 0 Å². The zero-order chi connectivity index (χ0) is 13.5. The lowest BCUT2D eigenvalue weighted by atomic mass is 9.77. The maximum Gasteiger partial charge on any atom is 0.0242 e. The van der Waals surface area contributed by atoms with Gasteiger partial charge in [0.2, 0.25) is 0 Å². The second-order valence-corrected chi connectivity index (χ2v) is 5.98. The third kappa shape index (κ3) is 4.13. The van der Waals surface area contributed by atoms with Crippen LogP contribution in [0.15, 0.2) is 24.3 Å². The molecule has 0 radical (unpaired) electrons. The molecule has 0 unspecified atom stereocenters. The molecular weight excluding hydrogens is 228 g/mol. The fraction of sp³-hybridized carbons (Fsp3) is 0.579. The molecule has 0 saturated heterocycles. The number of rotatable bonds is 5. The first-order valence-corrected chi connectivity index (χ1v) is 7.90. The molecule has 0 heterocycles. The molecule has 1 aromatic carbocycles. The third-order valence-corrected chi connectivity index (χ3v) is 4.61. The number of hydrogen-bond donors (Lipinski definition) is 0. The van der Waals surface area contributed by atoms with E-state index in [-0.39, 0.29) is 0 Å². The molecular formula is C19H26. The normalized spacial score (nSPS) is 22.9. The second kappa shape index (κ2) is 7.39. The van der Waals surface area contributed by atoms with Crippen molar-refractivity contribution in [3.05, 3.63) is 35.4 Å². The van der Waals surface area contributed by atoms with E-state index in [0.29, 0.717) is 0 Å². The van der Waals surface area contributed by atoms with Crippen LogP contribution >= 0.6 is 0 Å². The molecule has 1 aromatic rings. The smallest absolute Gasteiger partial charge is 0.0242 e. The van der Waals surface area contributed by atoms with Crippen molar-refractivity contribution in [1.29, 1.82) is 0 Å². The molecule has 0 N–H and O–H groups in total. The van der Waals surface area contributed by atoms with Gasteiger partial charge >= 0.3 is 0 Å². The Hall–Kier alpha value is -1.22. The SMILES string of the molecule is C#Cc1ccc(C2CCC(CCCCC)CC2)cc1. The van der Waals surface area contributed by atoms with Crippen LogP contribution in [0.5, 0.6) is 0 Å². The molecule has 2 rings (SSSR count). The van der Waals surface area contributed by atoms with E-state index < -0.39 is 0 Å². The molecule has 102 valence electrons. The summed E-state index contributed by atoms with van der Waals surface area (Å²) in [5.41, 5.74) is 2.49. The first-order valence-electron chi connectivity index (χ1n) is 7.90. The van der Waals surface area contributed by atoms with Gasteiger partial charge in [0, 0.05) is 5.56 Å². The average Bonchev–Trinajstić information content (AvgIpc) is 2.48. The minimum absolute atomic E-state index is 0.772. The van der Waals surface area contributed by atoms with E-state index in [4.69, 9.17) is 6.42 Å². The van der Waals surface area contributed by atoms with Gasteiger partial charge < -0.3 is 0 Å². The summed E-state index contributed by atoms with van der Waals surface area (Å²) in [7, 11) is 0. The lowest BCUT2D eigenvalue weighted by Gasteiger charge is -2.29. The third-order valence-electron chi connectivity index (χ3n) is 4.61. The number of hydrogen-bond acceptors (Lipinski definition) is 0. The zero-order valence-electron chi connectivity index (χ0n) is 12.2. The Bertz CT molecular complexity index is 399. The molecule has 1 saturated carbocycles. The van der Waals surface area contributed by atoms with Crippen molar-refractivity contribution in [2.75, 3.05) is 0 Å². The van der Waals surface area contributed by atoms with Gasteiger partial charge in [-0.25, -0.2) is 0 Å². The van der Waals surface area contributed by atoms with Gasteiger partial charge in [0.05, 0.1) is 0 Å². The highest BCUT2D eigenvalue weighted by Gasteiger charge is 2.21. The van der Waals surface area contributed by atoms with Gasteiger partial charge in [0.1, 0.15) is 0 Å². The quantitative estimate of drug-likeness (QED) is 0.479. The molecule has 0 heteroatoms. The van der Waals surface area contributed by atoms with Crippen LogP contribution in [0.4, 0.5) is 0 Å². The molecule has 0 nitrogen and oxygen atoms in total. The van der Waals surface area contributed by atoms with Crippen molar-refractivity contribution in [3.8, 4) is 12.3 Å². The number of benzene rings is 1. The maximum atomic E-state index is 5.40. The first-order chi connectivity index (χ1) is 9.33. The van der Waals surface area contributed by atoms with Crippen molar-refractivity contribution >= 4 is 0 Å². The van der Waals surface area contributed by atoms with Crippen molar-refractivity contribution in [2.45, 2.75) is 64.2 Å². The molecule has 0 bridgehead atoms. The van der Waals surface area contributed by atoms with E-state index in [2.05, 4.69) is 37.1 Å². The fourth-order valence-corrected chi connectivity index (χ4v) is 3.32. The first kappa shape index (κ1) is 14.2. The highest BCUT2D eigenvalue weighted by molar-refractivity contribution is 5.35. The highest BCUT2D eigenvalue weighted by atomic mass is 14.3. The molecule has 0 spiro atoms. The predicted molar refractivity (Wildman–Crippen MR) is 83.2 cm³/mol. The standard InChI is InChI=1S/C19H26/c1-3-5-6-7-17-10-14-19(15-11-17)18-12-8-16(4-2)9-13-18/h2,8-9,12-13,17,19H,3,5-7,10-11,14-15H2,1H3. The van der Waals surface area contributed by atoms with Crippen LogP contribution in [0, 0.1) is 18.3 Å². The van der Waals surface area contributed by atoms with Gasteiger partial charge in [-0.2, -0.15) is 0 Å². The molecule has 1 fully saturated rings. The molecule has 0 aromatic heterocycles. The minimum Gasteiger partial charge on any atom is -0.115 e. The van der Waals surface area contributed by atoms with Crippen molar-refractivity contribution in [2.24, 2.45) is 5.92 Å². The van der Waals surface area contributed by atoms with Crippen LogP contribution in [-0.4, -0.2) is 0 Å². The fourth-order valence-electron chi connectivity index (χ4n) is 3.32. The summed E-state index contributed by atoms with van der Waals surface area (Å²) in [6, 6.07) is 8.64. The van der Waals surface area contributed by atoms with Gasteiger partial charge in [-0.1, -0.05) is 50.7 Å². The van der Waals surface area contributed by atoms with E-state index in [9.17, 15) is 0 Å². The minimum atomic E-state index is 0.772. The summed E-state index contributed by atoms with van der Waals surface area (Å²) in [4.78, 5) is 0. The summed E-state index contributed by atoms with van der Waals surface area (Å²) in [5, 5.41) is 0. The molecule has 0 atom stereocenters. The van der Waals surface area contributed by atoms with Crippen LogP contribution in [-0.2, 0) is 0 Å². The summed E-state index contributed by atoms with van der Waals surface area (Å²) in [6.07, 6.45) is 16.6. The Labute approximate surface area is 118 Å². The lowest BCUT2D eigenvalue weighted by molar-refractivity contribution is 0.303. The van der Waals surface area contributed by atoms with Crippen LogP contribution in [0.1, 0.15) is 75.3 Å². The van der Waals surface area contributed by atoms with Gasteiger partial charge in [0.25, 0.3) is 0 Å². The van der Waals surface area contributed by atoms with E-state index in [0.717, 1.165) is 17.4 Å². The van der Waals surface area contributed by atoms with Crippen LogP contribution in [0.2, 0.25) is 0 Å². The summed E-state index contributed by atoms with van der Waals surface area (Å²) < 4.78 is 0. The van der Waals surface area contributed by atoms with Crippen molar-refractivity contribution in [1.82, 2.24) is 0 Å². The molecule has 19 heavy (non-hydrogen) atoms. The molecule has 0 amide bonds. The van der Waals surface area contributed by atoms with Crippen LogP contribution < -0.4 is 0 Å². The molecule has 0 aliphatic heterocycles. The monoisotopic (exact) mass is 254 g/mol. The zero-order valence-corrected chi connectivity index (χ0v) is 12.2. The Morgan fingerprint density at radius 3 is 2.32 bits per heavy atom. The summed E-state index contributed by atoms with van der Waals surface area (Å²) in [6.45, 7) is 2.29. The topological polar surface area (TPSA) is 0 Å². The van der Waals surface area contributed by atoms with E-state index in [1.807, 2.05) is 0 Å². The van der Waals surface area contributed by atoms with Crippen molar-refractivity contribution < 1.29 is 0 Å². The summed E-state index contributed by atoms with van der Waals surface area (Å²) >= 11 is 0. The number of terminal acetylenes is 1. The molecule has 1 aliphatic carbocycles. The van der Waals surface area contributed by atoms with Crippen LogP contribution in [0.3, 0.4) is 0 Å². The van der Waals surface area contributed by atoms with Gasteiger partial charge in [0.15, 0.2) is 0 Å². The Balaban J connectivity index is 1.80. The van der Waals surface area contributed by atoms with Crippen molar-refractivity contribution in [3.63, 3.8) is 0 Å². The Morgan fingerprint density at radius 1 is 1.05 bits per heavy atom. The average molecular weight is 254 g/mol. The van der Waals surface area contributed by atoms with E-state index in [1.165, 1.54) is 56.9 Å². The van der Waals surface area contributed by atoms with Gasteiger partial charge in [-0.05, 0) is 55.2 Å². The van der Waals surface area contributed by atoms with E-state index in [1.54, 1.807) is 0 Å². The largest absolute Gasteiger partial charge is 0.115 e. The van der Waals surface area contributed by atoms with Crippen LogP contribution in [0.25, 0.3) is 0 Å². The lowest BCUT2D eigenvalue weighted by Crippen LogP contribution is -2.13. The Kier molecular flexibility index (Phi) is 5.52. The molecule has 1 aliphatic rings. The summed E-state index contributed by atoms with van der Waals surface area (Å²) in [5.74, 6) is 4.46. The predicted octanol–water partition coefficient (Wildman–Crippen LogP) is 5.52. The maximum absolute atomic E-state index is 5.40. The van der Waals surface area contributed by atoms with E-state index >= 15 is 0 Å². The van der Waals surface area contributed by atoms with Gasteiger partial charge in [-0.15, -0.1) is 6.42 Å². The Morgan fingerprint density at radius 2 is 1.74 bits per heavy atom. The second-order valence-electron chi connectivity index (χ2n) is 5.98.